The molecule has 0 bridgehead atoms. The van der Waals surface area contributed by atoms with Crippen molar-refractivity contribution in [1.82, 2.24) is 9.78 Å². The van der Waals surface area contributed by atoms with Gasteiger partial charge in [-0.25, -0.2) is 0 Å². The number of nitrogens with two attached hydrogens (primary N) is 1. The molecule has 5 heteroatoms. The van der Waals surface area contributed by atoms with E-state index >= 15 is 0 Å². The van der Waals surface area contributed by atoms with E-state index in [0.29, 0.717) is 0 Å². The number of nitrogens with zero attached hydrogens (tertiary/aromatic N) is 2. The van der Waals surface area contributed by atoms with Crippen molar-refractivity contribution in [3.05, 3.63) is 17.5 Å². The van der Waals surface area contributed by atoms with Crippen molar-refractivity contribution in [2.45, 2.75) is 19.4 Å². The van der Waals surface area contributed by atoms with Crippen molar-refractivity contribution in [3.8, 4) is 0 Å². The van der Waals surface area contributed by atoms with Gasteiger partial charge in [0, 0.05) is 19.7 Å². The van der Waals surface area contributed by atoms with Gasteiger partial charge >= 0.3 is 5.97 Å². The summed E-state index contributed by atoms with van der Waals surface area (Å²) < 4.78 is 1.65. The molecule has 5 nitrogen and oxygen atoms in total. The molecule has 0 saturated heterocycles. The van der Waals surface area contributed by atoms with E-state index in [2.05, 4.69) is 5.10 Å². The number of hydrogen-bond donors (Lipinski definition) is 2. The Kier molecular flexibility index (Phi) is 2.67. The average molecular weight is 183 g/mol. The van der Waals surface area contributed by atoms with Gasteiger partial charge in [0.05, 0.1) is 5.69 Å². The lowest BCUT2D eigenvalue weighted by molar-refractivity contribution is -0.138. The van der Waals surface area contributed by atoms with Crippen LogP contribution in [0, 0.1) is 6.92 Å². The predicted octanol–water partition coefficient (Wildman–Crippen LogP) is -0.317. The van der Waals surface area contributed by atoms with Gasteiger partial charge in [0.1, 0.15) is 6.04 Å². The van der Waals surface area contributed by atoms with Gasteiger partial charge < -0.3 is 10.8 Å². The summed E-state index contributed by atoms with van der Waals surface area (Å²) in [6, 6.07) is -0.867. The number of carboxylic acids is 1. The van der Waals surface area contributed by atoms with Crippen LogP contribution in [0.15, 0.2) is 6.20 Å². The normalized spacial score (nSPS) is 12.8. The second-order valence-corrected chi connectivity index (χ2v) is 3.08. The van der Waals surface area contributed by atoms with Gasteiger partial charge in [-0.3, -0.25) is 9.48 Å². The minimum atomic E-state index is -0.995. The van der Waals surface area contributed by atoms with Crippen LogP contribution in [0.4, 0.5) is 0 Å². The smallest absolute Gasteiger partial charge is 0.320 e. The predicted molar refractivity (Wildman–Crippen MR) is 47.3 cm³/mol. The van der Waals surface area contributed by atoms with Crippen molar-refractivity contribution in [1.29, 1.82) is 0 Å². The Morgan fingerprint density at radius 1 is 1.85 bits per heavy atom. The molecule has 0 aliphatic heterocycles. The van der Waals surface area contributed by atoms with Crippen molar-refractivity contribution in [2.75, 3.05) is 0 Å². The first kappa shape index (κ1) is 9.73. The van der Waals surface area contributed by atoms with E-state index in [1.807, 2.05) is 13.1 Å². The van der Waals surface area contributed by atoms with Gasteiger partial charge in [0.15, 0.2) is 0 Å². The van der Waals surface area contributed by atoms with Crippen LogP contribution in [0.3, 0.4) is 0 Å². The molecule has 0 radical (unpaired) electrons. The maximum atomic E-state index is 10.5. The van der Waals surface area contributed by atoms with Crippen LogP contribution < -0.4 is 5.73 Å². The molecule has 0 aromatic carbocycles. The minimum absolute atomic E-state index is 0.280. The molecular weight excluding hydrogens is 170 g/mol. The van der Waals surface area contributed by atoms with Crippen LogP contribution in [0.1, 0.15) is 11.3 Å². The fourth-order valence-electron chi connectivity index (χ4n) is 1.15. The van der Waals surface area contributed by atoms with E-state index in [9.17, 15) is 4.79 Å². The van der Waals surface area contributed by atoms with E-state index in [-0.39, 0.29) is 6.42 Å². The third-order valence-electron chi connectivity index (χ3n) is 1.84. The van der Waals surface area contributed by atoms with Crippen molar-refractivity contribution >= 4 is 5.97 Å². The molecule has 1 aromatic rings. The molecule has 1 rings (SSSR count). The monoisotopic (exact) mass is 183 g/mol. The van der Waals surface area contributed by atoms with E-state index in [0.717, 1.165) is 11.3 Å². The number of hydrogen-bond acceptors (Lipinski definition) is 3. The molecule has 1 heterocycles. The first-order chi connectivity index (χ1) is 6.00. The Labute approximate surface area is 76.2 Å². The summed E-state index contributed by atoms with van der Waals surface area (Å²) in [5, 5.41) is 12.7. The second kappa shape index (κ2) is 3.57. The molecule has 0 amide bonds. The molecule has 0 aliphatic carbocycles. The molecule has 13 heavy (non-hydrogen) atoms. The lowest BCUT2D eigenvalue weighted by Gasteiger charge is -2.03. The fraction of sp³-hybridized carbons (Fsp3) is 0.500. The highest BCUT2D eigenvalue weighted by Crippen LogP contribution is 2.06. The van der Waals surface area contributed by atoms with Crippen molar-refractivity contribution in [3.63, 3.8) is 0 Å². The van der Waals surface area contributed by atoms with Gasteiger partial charge in [-0.05, 0) is 12.5 Å². The average Bonchev–Trinajstić information content (AvgIpc) is 2.30. The van der Waals surface area contributed by atoms with Crippen LogP contribution in [-0.2, 0) is 18.3 Å². The highest BCUT2D eigenvalue weighted by molar-refractivity contribution is 5.73. The molecule has 0 saturated carbocycles. The van der Waals surface area contributed by atoms with E-state index < -0.39 is 12.0 Å². The summed E-state index contributed by atoms with van der Waals surface area (Å²) in [4.78, 5) is 10.5. The van der Waals surface area contributed by atoms with Crippen LogP contribution in [0.2, 0.25) is 0 Å². The van der Waals surface area contributed by atoms with Gasteiger partial charge in [0.25, 0.3) is 0 Å². The second-order valence-electron chi connectivity index (χ2n) is 3.08. The van der Waals surface area contributed by atoms with Crippen LogP contribution in [0.25, 0.3) is 0 Å². The van der Waals surface area contributed by atoms with E-state index in [1.165, 1.54) is 0 Å². The van der Waals surface area contributed by atoms with Crippen LogP contribution in [0.5, 0.6) is 0 Å². The lowest BCUT2D eigenvalue weighted by atomic mass is 10.1. The molecule has 3 N–H and O–H groups in total. The van der Waals surface area contributed by atoms with Crippen molar-refractivity contribution in [2.24, 2.45) is 12.8 Å². The van der Waals surface area contributed by atoms with Crippen LogP contribution in [-0.4, -0.2) is 26.9 Å². The van der Waals surface area contributed by atoms with Crippen molar-refractivity contribution < 1.29 is 9.90 Å². The molecule has 0 fully saturated rings. The summed E-state index contributed by atoms with van der Waals surface area (Å²) >= 11 is 0. The highest BCUT2D eigenvalue weighted by Gasteiger charge is 2.15. The summed E-state index contributed by atoms with van der Waals surface area (Å²) in [6.45, 7) is 1.89. The topological polar surface area (TPSA) is 81.1 Å². The molecule has 72 valence electrons. The van der Waals surface area contributed by atoms with Crippen LogP contribution >= 0.6 is 0 Å². The Balaban J connectivity index is 2.74. The van der Waals surface area contributed by atoms with Gasteiger partial charge in [-0.2, -0.15) is 5.10 Å². The Hall–Kier alpha value is -1.36. The van der Waals surface area contributed by atoms with Gasteiger partial charge in [0.2, 0.25) is 0 Å². The molecule has 1 atom stereocenters. The third kappa shape index (κ3) is 2.29. The first-order valence-electron chi connectivity index (χ1n) is 3.98. The number of aliphatic carboxylic acids is 1. The van der Waals surface area contributed by atoms with Gasteiger partial charge in [-0.15, -0.1) is 0 Å². The zero-order valence-electron chi connectivity index (χ0n) is 7.69. The highest BCUT2D eigenvalue weighted by atomic mass is 16.4. The SMILES string of the molecule is Cc1cn(C)nc1C[C@@H](N)C(=O)O. The molecule has 0 unspecified atom stereocenters. The number of carboxylic acid groups (broad SMARTS) is 1. The first-order valence-corrected chi connectivity index (χ1v) is 3.98. The maximum Gasteiger partial charge on any atom is 0.320 e. The lowest BCUT2D eigenvalue weighted by Crippen LogP contribution is -2.32. The Morgan fingerprint density at radius 3 is 2.85 bits per heavy atom. The Morgan fingerprint density at radius 2 is 2.46 bits per heavy atom. The molecule has 0 spiro atoms. The number of rotatable bonds is 3. The molecular formula is C8H13N3O2. The largest absolute Gasteiger partial charge is 0.480 e. The quantitative estimate of drug-likeness (QED) is 0.673. The zero-order chi connectivity index (χ0) is 10.0. The molecule has 0 aliphatic rings. The number of aromatic nitrogens is 2. The molecule has 1 aromatic heterocycles. The fourth-order valence-corrected chi connectivity index (χ4v) is 1.15. The number of aryl methyl sites for hydroxylation is 2. The summed E-state index contributed by atoms with van der Waals surface area (Å²) in [7, 11) is 1.79. The third-order valence-corrected chi connectivity index (χ3v) is 1.84. The van der Waals surface area contributed by atoms with E-state index in [4.69, 9.17) is 10.8 Å². The van der Waals surface area contributed by atoms with Gasteiger partial charge in [-0.1, -0.05) is 0 Å². The summed E-state index contributed by atoms with van der Waals surface area (Å²) in [5.74, 6) is -0.995. The van der Waals surface area contributed by atoms with E-state index in [1.54, 1.807) is 11.7 Å². The maximum absolute atomic E-state index is 10.5. The minimum Gasteiger partial charge on any atom is -0.480 e. The zero-order valence-corrected chi connectivity index (χ0v) is 7.69. The standard InChI is InChI=1S/C8H13N3O2/c1-5-4-11(2)10-7(5)3-6(9)8(12)13/h4,6H,3,9H2,1-2H3,(H,12,13)/t6-/m1/s1. The summed E-state index contributed by atoms with van der Waals surface area (Å²) in [5.41, 5.74) is 7.10. The Bertz CT molecular complexity index is 319. The summed E-state index contributed by atoms with van der Waals surface area (Å²) in [6.07, 6.45) is 2.12. The number of carbonyl (C=O) groups is 1.